The van der Waals surface area contributed by atoms with E-state index >= 15 is 4.79 Å². The quantitative estimate of drug-likeness (QED) is 0.0102. The fourth-order valence-corrected chi connectivity index (χ4v) is 9.17. The number of nitrogens with one attached hydrogen (secondary N) is 8. The molecule has 3 heterocycles. The number of aliphatic imine (C=N–C) groups is 1. The molecule has 0 spiro atoms. The van der Waals surface area contributed by atoms with Crippen LogP contribution in [0.25, 0.3) is 10.9 Å². The second-order valence-electron chi connectivity index (χ2n) is 20.0. The van der Waals surface area contributed by atoms with Gasteiger partial charge in [0.2, 0.25) is 53.2 Å². The molecule has 4 aromatic rings. The molecule has 81 heavy (non-hydrogen) atoms. The fraction of sp³-hybridized carbons (Fsp3) is 0.444. The van der Waals surface area contributed by atoms with Crippen LogP contribution in [0.1, 0.15) is 78.2 Å². The van der Waals surface area contributed by atoms with Crippen molar-refractivity contribution in [3.05, 3.63) is 103 Å². The standard InChI is InChI=1S/C49H72N17O9.C5H5.Fe/c1-5-25(3)40(61-43(70)31(50)15-11-17-56-49(54)55)47(74)60-34(20-38(51)67)44(71)59-35(21-39(52)68)45(72)62-41(26(4)6-2)48(75)65-23-28(36-24-66(64-63-36)29-12-7-8-13-29)19-37(65)46(73)58-33(42(53)69)18-27-22-57-32-16-10-9-14-30(27)32;1-2-4-5-3-1;/h7-10,12-14,16,22,24-26,28,31,33-35,37,40-41,57,63-64H,5-6,11,15,17-21,23,50H2,1-4H3,(H2,51,67)(H2,52,68)(H2,53,69)(H,58,73)(H,59,71)(H,60,74)(H,61,70)(H,62,72)(H4,54,55,56);1-5H;/q2*-1;+2/t25-,26-,28?,31-,33-,34-,35-,37-,40-,41-;;/m0../s1. The molecule has 1 fully saturated rings. The van der Waals surface area contributed by atoms with Crippen LogP contribution in [0.4, 0.5) is 5.69 Å². The number of nitrogens with two attached hydrogens (primary N) is 6. The summed E-state index contributed by atoms with van der Waals surface area (Å²) in [5.41, 5.74) is 42.9. The molecular weight excluding hydrogens is 1090 g/mol. The van der Waals surface area contributed by atoms with Crippen LogP contribution >= 0.6 is 0 Å². The number of benzene rings is 1. The van der Waals surface area contributed by atoms with Gasteiger partial charge in [0.1, 0.15) is 36.3 Å². The number of carbonyl (C=O) groups is 9. The van der Waals surface area contributed by atoms with E-state index in [0.717, 1.165) is 22.2 Å². The van der Waals surface area contributed by atoms with E-state index in [1.54, 1.807) is 45.1 Å². The van der Waals surface area contributed by atoms with Gasteiger partial charge >= 0.3 is 17.1 Å². The predicted molar refractivity (Wildman–Crippen MR) is 300 cm³/mol. The fourth-order valence-electron chi connectivity index (χ4n) is 9.17. The van der Waals surface area contributed by atoms with Crippen LogP contribution in [-0.2, 0) is 66.6 Å². The Morgan fingerprint density at radius 3 is 1.94 bits per heavy atom. The van der Waals surface area contributed by atoms with Gasteiger partial charge < -0.3 is 81.3 Å². The van der Waals surface area contributed by atoms with Gasteiger partial charge in [-0.05, 0) is 42.7 Å². The maximum absolute atomic E-state index is 15.0. The molecule has 27 heteroatoms. The molecule has 1 aromatic heterocycles. The van der Waals surface area contributed by atoms with Crippen molar-refractivity contribution in [3.8, 4) is 0 Å². The van der Waals surface area contributed by atoms with Gasteiger partial charge in [-0.25, -0.2) is 12.1 Å². The van der Waals surface area contributed by atoms with Crippen molar-refractivity contribution < 1.29 is 60.2 Å². The van der Waals surface area contributed by atoms with Gasteiger partial charge in [-0.15, -0.1) is 0 Å². The third kappa shape index (κ3) is 18.9. The summed E-state index contributed by atoms with van der Waals surface area (Å²) in [6.07, 6.45) is 3.29. The number of guanidine groups is 1. The Balaban J connectivity index is 0.00000222. The number of amides is 9. The number of primary amides is 3. The zero-order valence-electron chi connectivity index (χ0n) is 45.8. The third-order valence-electron chi connectivity index (χ3n) is 14.1. The smallest absolute Gasteiger partial charge is 0.370 e. The number of aromatic nitrogens is 1. The van der Waals surface area contributed by atoms with Crippen LogP contribution in [0.2, 0.25) is 0 Å². The van der Waals surface area contributed by atoms with E-state index in [1.165, 1.54) is 4.90 Å². The monoisotopic (exact) mass is 1160 g/mol. The summed E-state index contributed by atoms with van der Waals surface area (Å²) in [7, 11) is 0. The Labute approximate surface area is 480 Å². The number of nitrogens with zero attached hydrogens (tertiary/aromatic N) is 3. The topological polar surface area (TPSA) is 429 Å². The van der Waals surface area contributed by atoms with E-state index in [0.29, 0.717) is 25.0 Å². The summed E-state index contributed by atoms with van der Waals surface area (Å²) in [5.74, 6) is -9.71. The zero-order chi connectivity index (χ0) is 58.6. The molecule has 440 valence electrons. The maximum atomic E-state index is 15.0. The largest absolute Gasteiger partial charge is 2.00 e. The number of H-pyrrole nitrogens is 1. The van der Waals surface area contributed by atoms with Gasteiger partial charge in [0, 0.05) is 54.4 Å². The van der Waals surface area contributed by atoms with E-state index < -0.39 is 126 Å². The number of para-hydroxylation sites is 1. The molecule has 1 saturated heterocycles. The average Bonchev–Trinajstić information content (AvgIpc) is 4.43. The molecular formula is C54H77FeN17O9. The Bertz CT molecular complexity index is 2800. The van der Waals surface area contributed by atoms with E-state index in [-0.39, 0.29) is 55.4 Å². The molecule has 0 bridgehead atoms. The summed E-state index contributed by atoms with van der Waals surface area (Å²) < 4.78 is 0. The van der Waals surface area contributed by atoms with Crippen LogP contribution in [0.15, 0.2) is 102 Å². The molecule has 9 amide bonds. The first-order valence-electron chi connectivity index (χ1n) is 26.6. The Morgan fingerprint density at radius 2 is 1.36 bits per heavy atom. The van der Waals surface area contributed by atoms with E-state index in [2.05, 4.69) is 47.5 Å². The number of rotatable bonds is 28. The molecule has 3 aromatic carbocycles. The minimum Gasteiger partial charge on any atom is -0.370 e. The molecule has 0 radical (unpaired) electrons. The van der Waals surface area contributed by atoms with Gasteiger partial charge in [0.05, 0.1) is 18.9 Å². The number of hydrogen-bond acceptors (Lipinski definition) is 14. The number of likely N-dealkylation sites (tertiary alicyclic amines) is 1. The van der Waals surface area contributed by atoms with Gasteiger partial charge in [0.25, 0.3) is 0 Å². The average molecular weight is 1160 g/mol. The Morgan fingerprint density at radius 1 is 0.741 bits per heavy atom. The van der Waals surface area contributed by atoms with Crippen molar-refractivity contribution in [2.75, 3.05) is 18.1 Å². The summed E-state index contributed by atoms with van der Waals surface area (Å²) >= 11 is 0. The van der Waals surface area contributed by atoms with E-state index in [9.17, 15) is 38.4 Å². The van der Waals surface area contributed by atoms with Crippen molar-refractivity contribution >= 4 is 75.7 Å². The van der Waals surface area contributed by atoms with Crippen molar-refractivity contribution in [1.29, 1.82) is 0 Å². The van der Waals surface area contributed by atoms with E-state index in [1.807, 2.05) is 78.9 Å². The van der Waals surface area contributed by atoms with Gasteiger partial charge in [-0.3, -0.25) is 48.1 Å². The Kier molecular flexibility index (Phi) is 25.4. The minimum absolute atomic E-state index is 0. The number of carbonyl (C=O) groups excluding carboxylic acids is 9. The minimum atomic E-state index is -1.77. The summed E-state index contributed by atoms with van der Waals surface area (Å²) in [4.78, 5) is 131. The maximum Gasteiger partial charge on any atom is 2.00 e. The number of hydrazine groups is 2. The molecule has 20 N–H and O–H groups in total. The van der Waals surface area contributed by atoms with Crippen molar-refractivity contribution in [1.82, 2.24) is 47.4 Å². The van der Waals surface area contributed by atoms with Crippen LogP contribution in [-0.4, -0.2) is 124 Å². The van der Waals surface area contributed by atoms with Crippen molar-refractivity contribution in [3.63, 3.8) is 0 Å². The van der Waals surface area contributed by atoms with Crippen LogP contribution in [0, 0.1) is 17.8 Å². The molecule has 6 rings (SSSR count). The first-order chi connectivity index (χ1) is 38.1. The summed E-state index contributed by atoms with van der Waals surface area (Å²) in [6, 6.07) is 15.3. The van der Waals surface area contributed by atoms with Gasteiger partial charge in [0.15, 0.2) is 5.96 Å². The Hall–Kier alpha value is -8.26. The molecule has 1 unspecified atom stereocenters. The number of hydrogen-bond donors (Lipinski definition) is 14. The first kappa shape index (κ1) is 65.3. The third-order valence-corrected chi connectivity index (χ3v) is 14.1. The summed E-state index contributed by atoms with van der Waals surface area (Å²) in [5, 5.41) is 15.4. The molecule has 2 aliphatic rings. The molecule has 2 aliphatic heterocycles. The number of fused-ring (bicyclic) bond motifs is 1. The summed E-state index contributed by atoms with van der Waals surface area (Å²) in [6.45, 7) is 7.06. The molecule has 0 saturated carbocycles. The molecule has 10 atom stereocenters. The normalized spacial score (nSPS) is 17.5. The van der Waals surface area contributed by atoms with Crippen LogP contribution in [0.3, 0.4) is 0 Å². The molecule has 26 nitrogen and oxygen atoms in total. The molecule has 0 aliphatic carbocycles. The first-order valence-corrected chi connectivity index (χ1v) is 26.6. The van der Waals surface area contributed by atoms with Crippen LogP contribution in [0.5, 0.6) is 0 Å². The zero-order valence-corrected chi connectivity index (χ0v) is 46.9. The number of aromatic amines is 1. The van der Waals surface area contributed by atoms with Gasteiger partial charge in [-0.1, -0.05) is 64.4 Å². The second-order valence-corrected chi connectivity index (χ2v) is 20.0. The number of anilines is 1. The van der Waals surface area contributed by atoms with Crippen molar-refractivity contribution in [2.45, 2.75) is 121 Å². The second kappa shape index (κ2) is 31.5. The van der Waals surface area contributed by atoms with Crippen LogP contribution < -0.4 is 77.0 Å². The van der Waals surface area contributed by atoms with E-state index in [4.69, 9.17) is 34.4 Å². The SMILES string of the molecule is CC[C@H](C)[C@H](NC(=O)[C@@H](N)CCCN=C(N)N)C(=O)N[C@@H](CC(N)=O)C(=O)N[C@@H](CC(N)=O)C(=O)N[C@H](C(=O)N1CC(C2=CN(c3cc[cH-]c3)NN2)C[C@H]1C(=O)N[C@@H](Cc1c[nH]c2ccccc12)C(N)=O)[C@@H](C)CC.[Fe+2].c1cc[cH-]c1. The van der Waals surface area contributed by atoms with Crippen molar-refractivity contribution in [2.24, 2.45) is 57.1 Å². The van der Waals surface area contributed by atoms with Gasteiger partial charge in [-0.2, -0.15) is 48.0 Å². The predicted octanol–water partition coefficient (Wildman–Crippen LogP) is -1.45.